The maximum absolute atomic E-state index is 10.3. The van der Waals surface area contributed by atoms with E-state index in [0.717, 1.165) is 11.3 Å². The van der Waals surface area contributed by atoms with Gasteiger partial charge in [0.25, 0.3) is 0 Å². The lowest BCUT2D eigenvalue weighted by molar-refractivity contribution is 0.485. The van der Waals surface area contributed by atoms with Gasteiger partial charge in [-0.3, -0.25) is 4.55 Å². The molecule has 0 aliphatic rings. The van der Waals surface area contributed by atoms with E-state index in [1.54, 1.807) is 11.4 Å². The maximum Gasteiger partial charge on any atom is 0.304 e. The zero-order chi connectivity index (χ0) is 6.91. The number of hydrogen-bond donors (Lipinski definition) is 1. The molecule has 0 aromatic carbocycles. The molecule has 3 nitrogen and oxygen atoms in total. The van der Waals surface area contributed by atoms with Crippen LogP contribution in [0, 0.1) is 0 Å². The zero-order valence-corrected chi connectivity index (χ0v) is 7.17. The Bertz CT molecular complexity index is 275. The highest BCUT2D eigenvalue weighted by atomic mass is 35.5. The van der Waals surface area contributed by atoms with Crippen LogP contribution in [0.15, 0.2) is 21.7 Å². The highest BCUT2D eigenvalue weighted by Crippen LogP contribution is 2.14. The predicted molar refractivity (Wildman–Crippen MR) is 41.4 cm³/mol. The Hall–Kier alpha value is -0.100. The molecule has 1 heterocycles. The van der Waals surface area contributed by atoms with Crippen molar-refractivity contribution in [2.45, 2.75) is 4.21 Å². The van der Waals surface area contributed by atoms with Gasteiger partial charge in [0.05, 0.1) is 0 Å². The highest BCUT2D eigenvalue weighted by Gasteiger charge is 2.08. The molecule has 0 bridgehead atoms. The van der Waals surface area contributed by atoms with Crippen LogP contribution in [0.4, 0.5) is 0 Å². The van der Waals surface area contributed by atoms with Gasteiger partial charge in [-0.15, -0.1) is 23.7 Å². The number of rotatable bonds is 1. The van der Waals surface area contributed by atoms with E-state index >= 15 is 0 Å². The van der Waals surface area contributed by atoms with Gasteiger partial charge in [0, 0.05) is 0 Å². The van der Waals surface area contributed by atoms with Crippen molar-refractivity contribution in [2.24, 2.45) is 0 Å². The van der Waals surface area contributed by atoms with Gasteiger partial charge in [0.15, 0.2) is 0 Å². The van der Waals surface area contributed by atoms with E-state index in [1.165, 1.54) is 6.07 Å². The monoisotopic (exact) mass is 200 g/mol. The van der Waals surface area contributed by atoms with Crippen molar-refractivity contribution in [3.05, 3.63) is 17.5 Å². The minimum absolute atomic E-state index is 0. The SMILES string of the molecule is Cl.O=S(=O)(O)c1cccs1. The Kier molecular flexibility index (Phi) is 3.30. The molecular weight excluding hydrogens is 196 g/mol. The lowest BCUT2D eigenvalue weighted by Crippen LogP contribution is -1.92. The molecule has 1 rings (SSSR count). The first-order valence-corrected chi connectivity index (χ1v) is 4.43. The van der Waals surface area contributed by atoms with Gasteiger partial charge >= 0.3 is 10.1 Å². The van der Waals surface area contributed by atoms with E-state index < -0.39 is 10.1 Å². The second-order valence-electron chi connectivity index (χ2n) is 1.41. The fraction of sp³-hybridized carbons (Fsp3) is 0. The smallest absolute Gasteiger partial charge is 0.281 e. The average molecular weight is 201 g/mol. The topological polar surface area (TPSA) is 54.4 Å². The predicted octanol–water partition coefficient (Wildman–Crippen LogP) is 1.42. The maximum atomic E-state index is 10.3. The summed E-state index contributed by atoms with van der Waals surface area (Å²) < 4.78 is 28.9. The van der Waals surface area contributed by atoms with Crippen LogP contribution in [0.25, 0.3) is 0 Å². The largest absolute Gasteiger partial charge is 0.304 e. The van der Waals surface area contributed by atoms with Crippen molar-refractivity contribution >= 4 is 33.9 Å². The normalized spacial score (nSPS) is 10.5. The van der Waals surface area contributed by atoms with E-state index in [2.05, 4.69) is 0 Å². The van der Waals surface area contributed by atoms with E-state index in [-0.39, 0.29) is 16.6 Å². The van der Waals surface area contributed by atoms with Crippen molar-refractivity contribution < 1.29 is 13.0 Å². The third kappa shape index (κ3) is 2.26. The quantitative estimate of drug-likeness (QED) is 0.698. The summed E-state index contributed by atoms with van der Waals surface area (Å²) in [5, 5.41) is 1.59. The molecule has 6 heteroatoms. The summed E-state index contributed by atoms with van der Waals surface area (Å²) in [4.78, 5) is 0. The van der Waals surface area contributed by atoms with Crippen molar-refractivity contribution in [3.63, 3.8) is 0 Å². The first kappa shape index (κ1) is 9.90. The summed E-state index contributed by atoms with van der Waals surface area (Å²) in [7, 11) is -3.94. The highest BCUT2D eigenvalue weighted by molar-refractivity contribution is 7.88. The molecule has 0 spiro atoms. The average Bonchev–Trinajstić information content (AvgIpc) is 2.08. The molecular formula is C4H5ClO3S2. The minimum Gasteiger partial charge on any atom is -0.281 e. The third-order valence-electron chi connectivity index (χ3n) is 0.749. The molecule has 0 atom stereocenters. The Morgan fingerprint density at radius 3 is 2.30 bits per heavy atom. The van der Waals surface area contributed by atoms with Crippen LogP contribution < -0.4 is 0 Å². The Labute approximate surface area is 68.9 Å². The summed E-state index contributed by atoms with van der Waals surface area (Å²) in [6.45, 7) is 0. The summed E-state index contributed by atoms with van der Waals surface area (Å²) in [5.41, 5.74) is 0. The minimum atomic E-state index is -3.94. The molecule has 0 fully saturated rings. The van der Waals surface area contributed by atoms with Crippen molar-refractivity contribution in [1.29, 1.82) is 0 Å². The second kappa shape index (κ2) is 3.34. The fourth-order valence-corrected chi connectivity index (χ4v) is 1.76. The van der Waals surface area contributed by atoms with Crippen molar-refractivity contribution in [2.75, 3.05) is 0 Å². The molecule has 1 N–H and O–H groups in total. The fourth-order valence-electron chi connectivity index (χ4n) is 0.410. The first-order chi connectivity index (χ1) is 4.11. The summed E-state index contributed by atoms with van der Waals surface area (Å²) in [6, 6.07) is 2.91. The van der Waals surface area contributed by atoms with Gasteiger partial charge in [-0.25, -0.2) is 0 Å². The first-order valence-electron chi connectivity index (χ1n) is 2.12. The van der Waals surface area contributed by atoms with Crippen LogP contribution in [-0.4, -0.2) is 13.0 Å². The zero-order valence-electron chi connectivity index (χ0n) is 4.72. The lowest BCUT2D eigenvalue weighted by Gasteiger charge is -1.84. The van der Waals surface area contributed by atoms with Crippen molar-refractivity contribution in [1.82, 2.24) is 0 Å². The number of hydrogen-bond acceptors (Lipinski definition) is 3. The molecule has 0 radical (unpaired) electrons. The van der Waals surface area contributed by atoms with E-state index in [0.29, 0.717) is 0 Å². The van der Waals surface area contributed by atoms with Crippen LogP contribution in [0.2, 0.25) is 0 Å². The molecule has 0 saturated carbocycles. The van der Waals surface area contributed by atoms with Gasteiger partial charge in [-0.2, -0.15) is 8.42 Å². The van der Waals surface area contributed by atoms with Crippen molar-refractivity contribution in [3.8, 4) is 0 Å². The summed E-state index contributed by atoms with van der Waals surface area (Å²) in [5.74, 6) is 0. The van der Waals surface area contributed by atoms with E-state index in [4.69, 9.17) is 4.55 Å². The molecule has 58 valence electrons. The number of halogens is 1. The summed E-state index contributed by atoms with van der Waals surface area (Å²) in [6.07, 6.45) is 0. The van der Waals surface area contributed by atoms with Gasteiger partial charge in [-0.05, 0) is 11.4 Å². The Balaban J connectivity index is 0.000000810. The van der Waals surface area contributed by atoms with Gasteiger partial charge < -0.3 is 0 Å². The van der Waals surface area contributed by atoms with Gasteiger partial charge in [0.2, 0.25) is 0 Å². The molecule has 0 saturated heterocycles. The third-order valence-corrected chi connectivity index (χ3v) is 2.98. The standard InChI is InChI=1S/C4H4O3S2.ClH/c5-9(6,7)4-2-1-3-8-4;/h1-3H,(H,5,6,7);1H. The van der Waals surface area contributed by atoms with E-state index in [1.807, 2.05) is 0 Å². The molecule has 0 amide bonds. The van der Waals surface area contributed by atoms with Crippen LogP contribution in [0.5, 0.6) is 0 Å². The Morgan fingerprint density at radius 1 is 1.50 bits per heavy atom. The lowest BCUT2D eigenvalue weighted by atomic mass is 10.7. The molecule has 1 aromatic heterocycles. The molecule has 0 aliphatic heterocycles. The molecule has 1 aromatic rings. The van der Waals surface area contributed by atoms with Crippen LogP contribution in [0.1, 0.15) is 0 Å². The second-order valence-corrected chi connectivity index (χ2v) is 4.00. The Morgan fingerprint density at radius 2 is 2.10 bits per heavy atom. The van der Waals surface area contributed by atoms with Crippen LogP contribution >= 0.6 is 23.7 Å². The van der Waals surface area contributed by atoms with Crippen LogP contribution in [-0.2, 0) is 10.1 Å². The molecule has 10 heavy (non-hydrogen) atoms. The van der Waals surface area contributed by atoms with Gasteiger partial charge in [-0.1, -0.05) is 6.07 Å². The van der Waals surface area contributed by atoms with E-state index in [9.17, 15) is 8.42 Å². The van der Waals surface area contributed by atoms with Gasteiger partial charge in [0.1, 0.15) is 4.21 Å². The molecule has 0 aliphatic carbocycles. The summed E-state index contributed by atoms with van der Waals surface area (Å²) >= 11 is 0.992. The van der Waals surface area contributed by atoms with Crippen LogP contribution in [0.3, 0.4) is 0 Å². The number of thiophene rings is 1. The molecule has 0 unspecified atom stereocenters.